The lowest BCUT2D eigenvalue weighted by Crippen LogP contribution is -2.32. The minimum absolute atomic E-state index is 0.0964. The lowest BCUT2D eigenvalue weighted by Gasteiger charge is -2.26. The highest BCUT2D eigenvalue weighted by Crippen LogP contribution is 2.30. The molecule has 0 spiro atoms. The van der Waals surface area contributed by atoms with Crippen molar-refractivity contribution in [3.8, 4) is 0 Å². The Balaban J connectivity index is 1.54. The van der Waals surface area contributed by atoms with E-state index in [0.29, 0.717) is 23.1 Å². The molecule has 208 valence electrons. The van der Waals surface area contributed by atoms with E-state index in [1.807, 2.05) is 31.2 Å². The summed E-state index contributed by atoms with van der Waals surface area (Å²) in [5.74, 6) is -1.42. The van der Waals surface area contributed by atoms with Crippen molar-refractivity contribution < 1.29 is 14.4 Å². The molecule has 6 heteroatoms. The zero-order chi connectivity index (χ0) is 28.3. The van der Waals surface area contributed by atoms with Crippen LogP contribution in [0, 0.1) is 0 Å². The SMILES string of the molecule is CCCC(C(=O)CNC(=O)c1ccccc1)c1cccc(C(N)=O)c1C=Cc1ccc(CN2CCCCC2)cc1. The van der Waals surface area contributed by atoms with Crippen molar-refractivity contribution in [1.29, 1.82) is 0 Å². The summed E-state index contributed by atoms with van der Waals surface area (Å²) >= 11 is 0. The monoisotopic (exact) mass is 537 g/mol. The summed E-state index contributed by atoms with van der Waals surface area (Å²) in [6.45, 7) is 5.19. The molecule has 0 aromatic heterocycles. The van der Waals surface area contributed by atoms with Crippen LogP contribution in [-0.4, -0.2) is 42.1 Å². The molecule has 2 amide bonds. The van der Waals surface area contributed by atoms with Crippen molar-refractivity contribution in [2.75, 3.05) is 19.6 Å². The normalized spacial score (nSPS) is 14.6. The van der Waals surface area contributed by atoms with Gasteiger partial charge in [-0.15, -0.1) is 0 Å². The van der Waals surface area contributed by atoms with E-state index in [1.54, 1.807) is 36.4 Å². The molecule has 1 aliphatic rings. The number of Topliss-reactive ketones (excluding diaryl/α,β-unsaturated/α-hetero) is 1. The summed E-state index contributed by atoms with van der Waals surface area (Å²) in [6, 6.07) is 22.6. The molecule has 1 atom stereocenters. The quantitative estimate of drug-likeness (QED) is 0.285. The molecular weight excluding hydrogens is 498 g/mol. The van der Waals surface area contributed by atoms with E-state index in [9.17, 15) is 14.4 Å². The third kappa shape index (κ3) is 7.76. The highest BCUT2D eigenvalue weighted by Gasteiger charge is 2.24. The Morgan fingerprint density at radius 1 is 0.900 bits per heavy atom. The van der Waals surface area contributed by atoms with Gasteiger partial charge >= 0.3 is 0 Å². The molecule has 1 saturated heterocycles. The summed E-state index contributed by atoms with van der Waals surface area (Å²) in [4.78, 5) is 40.8. The van der Waals surface area contributed by atoms with Crippen LogP contribution in [-0.2, 0) is 11.3 Å². The molecule has 1 aliphatic heterocycles. The van der Waals surface area contributed by atoms with Gasteiger partial charge < -0.3 is 11.1 Å². The average Bonchev–Trinajstić information content (AvgIpc) is 2.99. The Bertz CT molecular complexity index is 1330. The minimum Gasteiger partial charge on any atom is -0.366 e. The second-order valence-electron chi connectivity index (χ2n) is 10.4. The van der Waals surface area contributed by atoms with Crippen LogP contribution in [0.1, 0.15) is 87.9 Å². The predicted octanol–water partition coefficient (Wildman–Crippen LogP) is 5.82. The van der Waals surface area contributed by atoms with Gasteiger partial charge in [-0.05, 0) is 72.8 Å². The molecule has 40 heavy (non-hydrogen) atoms. The number of nitrogens with two attached hydrogens (primary N) is 1. The second kappa shape index (κ2) is 14.4. The number of hydrogen-bond donors (Lipinski definition) is 2. The van der Waals surface area contributed by atoms with Gasteiger partial charge in [0.1, 0.15) is 0 Å². The van der Waals surface area contributed by atoms with Gasteiger partial charge in [0.2, 0.25) is 5.91 Å². The maximum atomic E-state index is 13.4. The largest absolute Gasteiger partial charge is 0.366 e. The number of hydrogen-bond acceptors (Lipinski definition) is 4. The molecule has 1 fully saturated rings. The minimum atomic E-state index is -0.543. The third-order valence-corrected chi connectivity index (χ3v) is 7.48. The Morgan fingerprint density at radius 2 is 1.62 bits per heavy atom. The van der Waals surface area contributed by atoms with Crippen LogP contribution in [0.4, 0.5) is 0 Å². The zero-order valence-electron chi connectivity index (χ0n) is 23.3. The van der Waals surface area contributed by atoms with E-state index in [-0.39, 0.29) is 18.2 Å². The van der Waals surface area contributed by atoms with E-state index in [1.165, 1.54) is 24.8 Å². The molecule has 0 radical (unpaired) electrons. The molecule has 1 unspecified atom stereocenters. The van der Waals surface area contributed by atoms with E-state index < -0.39 is 11.8 Å². The Labute approximate surface area is 237 Å². The Hall–Kier alpha value is -4.03. The number of carbonyl (C=O) groups is 3. The van der Waals surface area contributed by atoms with Gasteiger partial charge in [0.05, 0.1) is 6.54 Å². The molecule has 0 bridgehead atoms. The van der Waals surface area contributed by atoms with Gasteiger partial charge in [-0.2, -0.15) is 0 Å². The van der Waals surface area contributed by atoms with E-state index in [2.05, 4.69) is 34.5 Å². The number of nitrogens with zero attached hydrogens (tertiary/aromatic N) is 1. The van der Waals surface area contributed by atoms with Crippen LogP contribution < -0.4 is 11.1 Å². The number of ketones is 1. The van der Waals surface area contributed by atoms with Crippen molar-refractivity contribution in [3.63, 3.8) is 0 Å². The topological polar surface area (TPSA) is 92.5 Å². The maximum absolute atomic E-state index is 13.4. The molecular formula is C34H39N3O3. The molecule has 3 aromatic rings. The van der Waals surface area contributed by atoms with Gasteiger partial charge in [0, 0.05) is 23.6 Å². The van der Waals surface area contributed by atoms with E-state index in [0.717, 1.165) is 37.2 Å². The highest BCUT2D eigenvalue weighted by atomic mass is 16.2. The molecule has 6 nitrogen and oxygen atoms in total. The third-order valence-electron chi connectivity index (χ3n) is 7.48. The molecule has 3 aromatic carbocycles. The van der Waals surface area contributed by atoms with Gasteiger partial charge in [-0.1, -0.05) is 86.5 Å². The first-order valence-corrected chi connectivity index (χ1v) is 14.2. The van der Waals surface area contributed by atoms with Gasteiger partial charge in [0.15, 0.2) is 5.78 Å². The van der Waals surface area contributed by atoms with Crippen molar-refractivity contribution >= 4 is 29.7 Å². The number of piperidine rings is 1. The van der Waals surface area contributed by atoms with Crippen LogP contribution in [0.25, 0.3) is 12.2 Å². The second-order valence-corrected chi connectivity index (χ2v) is 10.4. The highest BCUT2D eigenvalue weighted by molar-refractivity contribution is 6.01. The van der Waals surface area contributed by atoms with Crippen molar-refractivity contribution in [2.24, 2.45) is 5.73 Å². The van der Waals surface area contributed by atoms with Crippen LogP contribution in [0.15, 0.2) is 72.8 Å². The average molecular weight is 538 g/mol. The van der Waals surface area contributed by atoms with Crippen LogP contribution >= 0.6 is 0 Å². The molecule has 1 heterocycles. The van der Waals surface area contributed by atoms with Crippen LogP contribution in [0.2, 0.25) is 0 Å². The number of likely N-dealkylation sites (tertiary alicyclic amines) is 1. The first kappa shape index (κ1) is 29.0. The van der Waals surface area contributed by atoms with Crippen LogP contribution in [0.5, 0.6) is 0 Å². The molecule has 4 rings (SSSR count). The van der Waals surface area contributed by atoms with Crippen LogP contribution in [0.3, 0.4) is 0 Å². The fourth-order valence-electron chi connectivity index (χ4n) is 5.34. The zero-order valence-corrected chi connectivity index (χ0v) is 23.3. The predicted molar refractivity (Wildman–Crippen MR) is 161 cm³/mol. The summed E-state index contributed by atoms with van der Waals surface area (Å²) < 4.78 is 0. The number of primary amides is 1. The fraction of sp³-hybridized carbons (Fsp3) is 0.324. The van der Waals surface area contributed by atoms with Crippen molar-refractivity contribution in [1.82, 2.24) is 10.2 Å². The number of carbonyl (C=O) groups excluding carboxylic acids is 3. The van der Waals surface area contributed by atoms with Gasteiger partial charge in [-0.3, -0.25) is 19.3 Å². The van der Waals surface area contributed by atoms with Gasteiger partial charge in [-0.25, -0.2) is 0 Å². The summed E-state index contributed by atoms with van der Waals surface area (Å²) in [5.41, 5.74) is 10.3. The Morgan fingerprint density at radius 3 is 2.30 bits per heavy atom. The van der Waals surface area contributed by atoms with E-state index >= 15 is 0 Å². The smallest absolute Gasteiger partial charge is 0.251 e. The first-order valence-electron chi connectivity index (χ1n) is 14.2. The summed E-state index contributed by atoms with van der Waals surface area (Å²) in [7, 11) is 0. The number of amides is 2. The standard InChI is InChI=1S/C34H39N3O3/c1-2-10-30(32(38)23-36-34(40)27-11-5-3-6-12-27)28-13-9-14-31(33(35)39)29(28)20-19-25-15-17-26(18-16-25)24-37-21-7-4-8-22-37/h3,5-6,9,11-20,30H,2,4,7-8,10,21-24H2,1H3,(H2,35,39)(H,36,40). The lowest BCUT2D eigenvalue weighted by atomic mass is 9.84. The van der Waals surface area contributed by atoms with Crippen molar-refractivity contribution in [3.05, 3.63) is 106 Å². The van der Waals surface area contributed by atoms with E-state index in [4.69, 9.17) is 5.73 Å². The Kier molecular flexibility index (Phi) is 10.4. The molecule has 0 aliphatic carbocycles. The first-order chi connectivity index (χ1) is 19.5. The number of rotatable bonds is 12. The number of benzene rings is 3. The summed E-state index contributed by atoms with van der Waals surface area (Å²) in [6.07, 6.45) is 9.06. The van der Waals surface area contributed by atoms with Crippen molar-refractivity contribution in [2.45, 2.75) is 51.5 Å². The fourth-order valence-corrected chi connectivity index (χ4v) is 5.34. The molecule has 3 N–H and O–H groups in total. The number of nitrogens with one attached hydrogen (secondary N) is 1. The lowest BCUT2D eigenvalue weighted by molar-refractivity contribution is -0.119. The van der Waals surface area contributed by atoms with Gasteiger partial charge in [0.25, 0.3) is 5.91 Å². The summed E-state index contributed by atoms with van der Waals surface area (Å²) in [5, 5.41) is 2.75. The molecule has 0 saturated carbocycles. The maximum Gasteiger partial charge on any atom is 0.251 e.